The van der Waals surface area contributed by atoms with E-state index in [0.29, 0.717) is 42.4 Å². The highest BCUT2D eigenvalue weighted by atomic mass is 16.5. The first-order valence-electron chi connectivity index (χ1n) is 8.39. The Morgan fingerprint density at radius 1 is 1.19 bits per heavy atom. The number of hydrogen-bond donors (Lipinski definition) is 0. The number of hydrogen-bond acceptors (Lipinski definition) is 5. The third-order valence-electron chi connectivity index (χ3n) is 4.48. The van der Waals surface area contributed by atoms with E-state index in [9.17, 15) is 4.79 Å². The fraction of sp³-hybridized carbons (Fsp3) is 0.200. The van der Waals surface area contributed by atoms with Crippen molar-refractivity contribution < 1.29 is 9.32 Å². The molecular formula is C20H16N4O2. The first-order chi connectivity index (χ1) is 12.7. The van der Waals surface area contributed by atoms with Gasteiger partial charge in [-0.05, 0) is 23.8 Å². The molecule has 1 amide bonds. The van der Waals surface area contributed by atoms with E-state index in [1.54, 1.807) is 18.2 Å². The van der Waals surface area contributed by atoms with Crippen LogP contribution in [0, 0.1) is 11.3 Å². The van der Waals surface area contributed by atoms with E-state index in [-0.39, 0.29) is 11.8 Å². The molecule has 6 nitrogen and oxygen atoms in total. The Kier molecular flexibility index (Phi) is 4.20. The maximum Gasteiger partial charge on any atom is 0.257 e. The molecule has 1 saturated heterocycles. The molecule has 1 aliphatic heterocycles. The Morgan fingerprint density at radius 2 is 2.04 bits per heavy atom. The number of aromatic nitrogens is 2. The number of nitrogens with zero attached hydrogens (tertiary/aromatic N) is 4. The molecule has 0 saturated carbocycles. The SMILES string of the molecule is N#Cc1cccc(-c2nc(C3CC(=O)N(Cc4ccccc4)C3)no2)c1. The predicted molar refractivity (Wildman–Crippen MR) is 93.7 cm³/mol. The summed E-state index contributed by atoms with van der Waals surface area (Å²) in [5.41, 5.74) is 2.34. The highest BCUT2D eigenvalue weighted by Crippen LogP contribution is 2.29. The molecule has 26 heavy (non-hydrogen) atoms. The second-order valence-electron chi connectivity index (χ2n) is 6.31. The second-order valence-corrected chi connectivity index (χ2v) is 6.31. The van der Waals surface area contributed by atoms with E-state index in [2.05, 4.69) is 16.2 Å². The maximum atomic E-state index is 12.3. The van der Waals surface area contributed by atoms with Crippen LogP contribution in [-0.2, 0) is 11.3 Å². The van der Waals surface area contributed by atoms with Gasteiger partial charge in [0.2, 0.25) is 5.91 Å². The number of nitriles is 1. The van der Waals surface area contributed by atoms with Crippen molar-refractivity contribution in [1.82, 2.24) is 15.0 Å². The molecule has 0 aliphatic carbocycles. The van der Waals surface area contributed by atoms with Crippen LogP contribution in [0.25, 0.3) is 11.5 Å². The van der Waals surface area contributed by atoms with Crippen LogP contribution in [-0.4, -0.2) is 27.5 Å². The molecule has 3 aromatic rings. The van der Waals surface area contributed by atoms with E-state index in [0.717, 1.165) is 5.56 Å². The van der Waals surface area contributed by atoms with Gasteiger partial charge in [-0.2, -0.15) is 10.2 Å². The highest BCUT2D eigenvalue weighted by Gasteiger charge is 2.33. The first kappa shape index (κ1) is 16.0. The zero-order valence-corrected chi connectivity index (χ0v) is 14.0. The Morgan fingerprint density at radius 3 is 2.85 bits per heavy atom. The molecule has 128 valence electrons. The van der Waals surface area contributed by atoms with Crippen molar-refractivity contribution >= 4 is 5.91 Å². The first-order valence-corrected chi connectivity index (χ1v) is 8.39. The number of carbonyl (C=O) groups is 1. The number of amides is 1. The molecule has 1 aliphatic rings. The van der Waals surface area contributed by atoms with Crippen LogP contribution in [0.4, 0.5) is 0 Å². The minimum absolute atomic E-state index is 0.0807. The van der Waals surface area contributed by atoms with Gasteiger partial charge in [0.05, 0.1) is 11.6 Å². The summed E-state index contributed by atoms with van der Waals surface area (Å²) in [6, 6.07) is 19.0. The van der Waals surface area contributed by atoms with Crippen molar-refractivity contribution in [3.63, 3.8) is 0 Å². The lowest BCUT2D eigenvalue weighted by molar-refractivity contribution is -0.128. The van der Waals surface area contributed by atoms with Gasteiger partial charge in [-0.1, -0.05) is 41.6 Å². The van der Waals surface area contributed by atoms with Crippen molar-refractivity contribution in [2.24, 2.45) is 0 Å². The van der Waals surface area contributed by atoms with Gasteiger partial charge in [-0.25, -0.2) is 0 Å². The van der Waals surface area contributed by atoms with Crippen LogP contribution in [0.2, 0.25) is 0 Å². The molecule has 2 aromatic carbocycles. The van der Waals surface area contributed by atoms with Crippen LogP contribution in [0.15, 0.2) is 59.1 Å². The minimum atomic E-state index is -0.0807. The summed E-state index contributed by atoms with van der Waals surface area (Å²) in [7, 11) is 0. The van der Waals surface area contributed by atoms with Gasteiger partial charge in [0.1, 0.15) is 0 Å². The van der Waals surface area contributed by atoms with E-state index >= 15 is 0 Å². The smallest absolute Gasteiger partial charge is 0.257 e. The zero-order chi connectivity index (χ0) is 17.9. The van der Waals surface area contributed by atoms with E-state index in [1.807, 2.05) is 41.3 Å². The molecule has 6 heteroatoms. The molecule has 0 spiro atoms. The summed E-state index contributed by atoms with van der Waals surface area (Å²) >= 11 is 0. The summed E-state index contributed by atoms with van der Waals surface area (Å²) in [6.07, 6.45) is 0.379. The summed E-state index contributed by atoms with van der Waals surface area (Å²) in [5.74, 6) is 0.914. The van der Waals surface area contributed by atoms with Crippen molar-refractivity contribution in [3.05, 3.63) is 71.5 Å². The van der Waals surface area contributed by atoms with Gasteiger partial charge in [-0.3, -0.25) is 4.79 Å². The Hall–Kier alpha value is -3.46. The van der Waals surface area contributed by atoms with Gasteiger partial charge in [0.25, 0.3) is 5.89 Å². The zero-order valence-electron chi connectivity index (χ0n) is 14.0. The normalized spacial score (nSPS) is 16.7. The minimum Gasteiger partial charge on any atom is -0.338 e. The van der Waals surface area contributed by atoms with E-state index < -0.39 is 0 Å². The molecule has 0 N–H and O–H groups in total. The number of carbonyl (C=O) groups excluding carboxylic acids is 1. The van der Waals surface area contributed by atoms with E-state index in [1.165, 1.54) is 0 Å². The fourth-order valence-electron chi connectivity index (χ4n) is 3.14. The third kappa shape index (κ3) is 3.20. The summed E-state index contributed by atoms with van der Waals surface area (Å²) < 4.78 is 5.35. The third-order valence-corrected chi connectivity index (χ3v) is 4.48. The molecular weight excluding hydrogens is 328 g/mol. The van der Waals surface area contributed by atoms with Crippen molar-refractivity contribution in [2.45, 2.75) is 18.9 Å². The number of benzene rings is 2. The molecule has 1 atom stereocenters. The Balaban J connectivity index is 1.50. The van der Waals surface area contributed by atoms with Gasteiger partial charge >= 0.3 is 0 Å². The van der Waals surface area contributed by atoms with Gasteiger partial charge < -0.3 is 9.42 Å². The summed E-state index contributed by atoms with van der Waals surface area (Å²) in [4.78, 5) is 18.6. The molecule has 1 fully saturated rings. The van der Waals surface area contributed by atoms with Gasteiger partial charge in [0, 0.05) is 31.0 Å². The van der Waals surface area contributed by atoms with Crippen LogP contribution < -0.4 is 0 Å². The van der Waals surface area contributed by atoms with Crippen LogP contribution in [0.3, 0.4) is 0 Å². The average molecular weight is 344 g/mol. The van der Waals surface area contributed by atoms with Crippen LogP contribution in [0.5, 0.6) is 0 Å². The number of rotatable bonds is 4. The standard InChI is InChI=1S/C20H16N4O2/c21-11-15-7-4-8-16(9-15)20-22-19(23-26-20)17-10-18(25)24(13-17)12-14-5-2-1-3-6-14/h1-9,17H,10,12-13H2. The van der Waals surface area contributed by atoms with Gasteiger partial charge in [-0.15, -0.1) is 0 Å². The lowest BCUT2D eigenvalue weighted by Gasteiger charge is -2.15. The van der Waals surface area contributed by atoms with Crippen LogP contribution >= 0.6 is 0 Å². The molecule has 0 bridgehead atoms. The fourth-order valence-corrected chi connectivity index (χ4v) is 3.14. The van der Waals surface area contributed by atoms with Crippen molar-refractivity contribution in [2.75, 3.05) is 6.54 Å². The lowest BCUT2D eigenvalue weighted by atomic mass is 10.1. The average Bonchev–Trinajstić information content (AvgIpc) is 3.30. The monoisotopic (exact) mass is 344 g/mol. The van der Waals surface area contributed by atoms with Crippen LogP contribution in [0.1, 0.15) is 29.3 Å². The van der Waals surface area contributed by atoms with Gasteiger partial charge in [0.15, 0.2) is 5.82 Å². The Labute approximate surface area is 150 Å². The molecule has 1 aromatic heterocycles. The largest absolute Gasteiger partial charge is 0.338 e. The van der Waals surface area contributed by atoms with Crippen molar-refractivity contribution in [3.8, 4) is 17.5 Å². The lowest BCUT2D eigenvalue weighted by Crippen LogP contribution is -2.24. The molecule has 2 heterocycles. The molecule has 1 unspecified atom stereocenters. The second kappa shape index (κ2) is 6.81. The maximum absolute atomic E-state index is 12.3. The number of likely N-dealkylation sites (tertiary alicyclic amines) is 1. The topological polar surface area (TPSA) is 83.0 Å². The predicted octanol–water partition coefficient (Wildman–Crippen LogP) is 3.12. The quantitative estimate of drug-likeness (QED) is 0.726. The molecule has 4 rings (SSSR count). The Bertz CT molecular complexity index is 975. The van der Waals surface area contributed by atoms with Crippen molar-refractivity contribution in [1.29, 1.82) is 5.26 Å². The highest BCUT2D eigenvalue weighted by molar-refractivity contribution is 5.79. The van der Waals surface area contributed by atoms with E-state index in [4.69, 9.17) is 9.78 Å². The summed E-state index contributed by atoms with van der Waals surface area (Å²) in [5, 5.41) is 13.1. The summed E-state index contributed by atoms with van der Waals surface area (Å²) in [6.45, 7) is 1.16. The molecule has 0 radical (unpaired) electrons.